The molecule has 130 valence electrons. The number of carbonyl (C=O) groups is 2. The normalized spacial score (nSPS) is 22.7. The number of hydrogen-bond acceptors (Lipinski definition) is 3. The molecule has 0 bridgehead atoms. The van der Waals surface area contributed by atoms with Crippen molar-refractivity contribution < 1.29 is 14.3 Å². The van der Waals surface area contributed by atoms with Gasteiger partial charge in [-0.15, -0.1) is 0 Å². The molecule has 1 saturated heterocycles. The molecule has 1 aliphatic heterocycles. The third-order valence-corrected chi connectivity index (χ3v) is 5.21. The van der Waals surface area contributed by atoms with Gasteiger partial charge >= 0.3 is 5.97 Å². The summed E-state index contributed by atoms with van der Waals surface area (Å²) in [7, 11) is 1.38. The molecule has 1 amide bonds. The number of benzene rings is 1. The monoisotopic (exact) mass is 337 g/mol. The molecule has 0 unspecified atom stereocenters. The van der Waals surface area contributed by atoms with Gasteiger partial charge in [0.05, 0.1) is 18.1 Å². The summed E-state index contributed by atoms with van der Waals surface area (Å²) in [6.07, 6.45) is 9.67. The van der Waals surface area contributed by atoms with Crippen molar-refractivity contribution >= 4 is 11.9 Å². The Morgan fingerprint density at radius 3 is 2.76 bits per heavy atom. The second-order valence-electron chi connectivity index (χ2n) is 6.74. The molecule has 1 spiro atoms. The van der Waals surface area contributed by atoms with Crippen molar-refractivity contribution in [2.75, 3.05) is 13.7 Å². The first-order valence-corrected chi connectivity index (χ1v) is 8.49. The zero-order valence-corrected chi connectivity index (χ0v) is 14.7. The lowest BCUT2D eigenvalue weighted by Crippen LogP contribution is -2.34. The van der Waals surface area contributed by atoms with Crippen LogP contribution in [-0.2, 0) is 22.4 Å². The zero-order valence-electron chi connectivity index (χ0n) is 14.7. The van der Waals surface area contributed by atoms with Crippen LogP contribution < -0.4 is 0 Å². The Hall–Kier alpha value is -2.62. The van der Waals surface area contributed by atoms with Crippen LogP contribution in [0.2, 0.25) is 0 Å². The first-order valence-electron chi connectivity index (χ1n) is 8.49. The molecule has 3 rings (SSSR count). The zero-order chi connectivity index (χ0) is 18.0. The number of esters is 1. The van der Waals surface area contributed by atoms with E-state index in [9.17, 15) is 9.59 Å². The van der Waals surface area contributed by atoms with E-state index in [2.05, 4.69) is 6.58 Å². The van der Waals surface area contributed by atoms with Crippen molar-refractivity contribution in [3.63, 3.8) is 0 Å². The molecule has 0 aromatic heterocycles. The first-order chi connectivity index (χ1) is 12.0. The van der Waals surface area contributed by atoms with Crippen LogP contribution in [0.15, 0.2) is 54.8 Å². The standard InChI is InChI=1S/C21H23NO3/c1-4-5-6-7-15(2)22-11-10-21(20(22)24)13-17-9-8-16(19(23)25-3)12-18(17)14-21/h4-9,12H,1,10-11,13-14H2,2-3H3/b6-5-,15-7+/t21-/m0/s1. The first kappa shape index (κ1) is 17.2. The van der Waals surface area contributed by atoms with Crippen molar-refractivity contribution in [1.29, 1.82) is 0 Å². The predicted octanol–water partition coefficient (Wildman–Crippen LogP) is 3.44. The van der Waals surface area contributed by atoms with Crippen molar-refractivity contribution in [3.05, 3.63) is 71.5 Å². The van der Waals surface area contributed by atoms with Gasteiger partial charge in [-0.25, -0.2) is 4.79 Å². The van der Waals surface area contributed by atoms with E-state index in [1.807, 2.05) is 42.2 Å². The number of ether oxygens (including phenoxy) is 1. The van der Waals surface area contributed by atoms with Crippen LogP contribution in [0.1, 0.15) is 34.8 Å². The molecule has 1 atom stereocenters. The average molecular weight is 337 g/mol. The predicted molar refractivity (Wildman–Crippen MR) is 97.0 cm³/mol. The number of carbonyl (C=O) groups excluding carboxylic acids is 2. The van der Waals surface area contributed by atoms with Crippen molar-refractivity contribution in [1.82, 2.24) is 4.90 Å². The quantitative estimate of drug-likeness (QED) is 0.625. The van der Waals surface area contributed by atoms with Gasteiger partial charge in [0.2, 0.25) is 5.91 Å². The molecule has 4 heteroatoms. The Morgan fingerprint density at radius 2 is 2.04 bits per heavy atom. The largest absolute Gasteiger partial charge is 0.465 e. The van der Waals surface area contributed by atoms with E-state index in [0.29, 0.717) is 12.0 Å². The Morgan fingerprint density at radius 1 is 1.28 bits per heavy atom. The van der Waals surface area contributed by atoms with Gasteiger partial charge in [-0.1, -0.05) is 30.9 Å². The van der Waals surface area contributed by atoms with Gasteiger partial charge in [0.15, 0.2) is 0 Å². The second kappa shape index (κ2) is 6.71. The molecule has 2 aliphatic rings. The molecule has 0 N–H and O–H groups in total. The van der Waals surface area contributed by atoms with E-state index in [1.165, 1.54) is 7.11 Å². The van der Waals surface area contributed by atoms with Crippen LogP contribution in [0.4, 0.5) is 0 Å². The highest BCUT2D eigenvalue weighted by atomic mass is 16.5. The number of methoxy groups -OCH3 is 1. The number of likely N-dealkylation sites (tertiary alicyclic amines) is 1. The highest BCUT2D eigenvalue weighted by Gasteiger charge is 2.50. The van der Waals surface area contributed by atoms with Crippen LogP contribution in [-0.4, -0.2) is 30.4 Å². The molecule has 4 nitrogen and oxygen atoms in total. The lowest BCUT2D eigenvalue weighted by molar-refractivity contribution is -0.134. The third-order valence-electron chi connectivity index (χ3n) is 5.21. The summed E-state index contributed by atoms with van der Waals surface area (Å²) in [6.45, 7) is 6.34. The molecule has 0 saturated carbocycles. The molecular formula is C21H23NO3. The van der Waals surface area contributed by atoms with E-state index < -0.39 is 0 Å². The topological polar surface area (TPSA) is 46.6 Å². The molecule has 1 aromatic rings. The number of rotatable bonds is 4. The minimum atomic E-state index is -0.367. The summed E-state index contributed by atoms with van der Waals surface area (Å²) in [5.74, 6) is -0.153. The summed E-state index contributed by atoms with van der Waals surface area (Å²) in [6, 6.07) is 5.62. The minimum absolute atomic E-state index is 0.184. The molecular weight excluding hydrogens is 314 g/mol. The van der Waals surface area contributed by atoms with Crippen molar-refractivity contribution in [2.24, 2.45) is 5.41 Å². The Labute approximate surface area is 148 Å². The lowest BCUT2D eigenvalue weighted by atomic mass is 9.83. The molecule has 25 heavy (non-hydrogen) atoms. The number of amides is 1. The van der Waals surface area contributed by atoms with Gasteiger partial charge in [-0.2, -0.15) is 0 Å². The van der Waals surface area contributed by atoms with E-state index in [-0.39, 0.29) is 17.3 Å². The van der Waals surface area contributed by atoms with Crippen molar-refractivity contribution in [2.45, 2.75) is 26.2 Å². The molecule has 1 heterocycles. The van der Waals surface area contributed by atoms with Gasteiger partial charge in [0.1, 0.15) is 0 Å². The van der Waals surface area contributed by atoms with Gasteiger partial charge in [0, 0.05) is 12.2 Å². The molecule has 1 aliphatic carbocycles. The second-order valence-corrected chi connectivity index (χ2v) is 6.74. The Kier molecular flexibility index (Phi) is 4.62. The number of hydrogen-bond donors (Lipinski definition) is 0. The van der Waals surface area contributed by atoms with E-state index in [4.69, 9.17) is 4.74 Å². The summed E-state index contributed by atoms with van der Waals surface area (Å²) in [5, 5.41) is 0. The minimum Gasteiger partial charge on any atom is -0.465 e. The van der Waals surface area contributed by atoms with Crippen LogP contribution in [0.3, 0.4) is 0 Å². The Balaban J connectivity index is 1.81. The van der Waals surface area contributed by atoms with Crippen LogP contribution >= 0.6 is 0 Å². The SMILES string of the molecule is C=C/C=C\C=C(/C)N1CC[C@@]2(Cc3ccc(C(=O)OC)cc3C2)C1=O. The summed E-state index contributed by atoms with van der Waals surface area (Å²) < 4.78 is 4.79. The maximum absolute atomic E-state index is 13.1. The summed E-state index contributed by atoms with van der Waals surface area (Å²) in [4.78, 5) is 26.7. The van der Waals surface area contributed by atoms with Gasteiger partial charge in [-0.3, -0.25) is 4.79 Å². The fourth-order valence-corrected chi connectivity index (χ4v) is 3.85. The van der Waals surface area contributed by atoms with Gasteiger partial charge in [-0.05, 0) is 55.5 Å². The number of allylic oxidation sites excluding steroid dienone is 5. The van der Waals surface area contributed by atoms with Crippen LogP contribution in [0, 0.1) is 5.41 Å². The molecule has 0 radical (unpaired) electrons. The fourth-order valence-electron chi connectivity index (χ4n) is 3.85. The number of fused-ring (bicyclic) bond motifs is 1. The molecule has 1 aromatic carbocycles. The fraction of sp³-hybridized carbons (Fsp3) is 0.333. The summed E-state index contributed by atoms with van der Waals surface area (Å²) >= 11 is 0. The maximum atomic E-state index is 13.1. The lowest BCUT2D eigenvalue weighted by Gasteiger charge is -2.23. The highest BCUT2D eigenvalue weighted by molar-refractivity contribution is 5.91. The maximum Gasteiger partial charge on any atom is 0.337 e. The highest BCUT2D eigenvalue weighted by Crippen LogP contribution is 2.45. The van der Waals surface area contributed by atoms with Crippen LogP contribution in [0.5, 0.6) is 0 Å². The van der Waals surface area contributed by atoms with E-state index in [1.54, 1.807) is 12.1 Å². The average Bonchev–Trinajstić information content (AvgIpc) is 3.14. The van der Waals surface area contributed by atoms with Crippen molar-refractivity contribution in [3.8, 4) is 0 Å². The van der Waals surface area contributed by atoms with Gasteiger partial charge in [0.25, 0.3) is 0 Å². The summed E-state index contributed by atoms with van der Waals surface area (Å²) in [5.41, 5.74) is 3.38. The van der Waals surface area contributed by atoms with Crippen LogP contribution in [0.25, 0.3) is 0 Å². The van der Waals surface area contributed by atoms with E-state index in [0.717, 1.165) is 36.2 Å². The third kappa shape index (κ3) is 3.04. The van der Waals surface area contributed by atoms with Gasteiger partial charge < -0.3 is 9.64 Å². The van der Waals surface area contributed by atoms with E-state index >= 15 is 0 Å². The Bertz CT molecular complexity index is 790. The smallest absolute Gasteiger partial charge is 0.337 e. The molecule has 1 fully saturated rings. The number of nitrogens with zero attached hydrogens (tertiary/aromatic N) is 1.